The summed E-state index contributed by atoms with van der Waals surface area (Å²) in [5, 5.41) is 3.60. The molecule has 160 valence electrons. The molecule has 0 aliphatic rings. The lowest BCUT2D eigenvalue weighted by Crippen LogP contribution is -2.42. The average Bonchev–Trinajstić information content (AvgIpc) is 2.78. The number of nitrogens with zero attached hydrogens (tertiary/aromatic N) is 2. The predicted molar refractivity (Wildman–Crippen MR) is 128 cm³/mol. The number of carbonyl (C=O) groups is 1. The van der Waals surface area contributed by atoms with Gasteiger partial charge in [-0.2, -0.15) is 12.8 Å². The molecule has 0 fully saturated rings. The van der Waals surface area contributed by atoms with Crippen LogP contribution in [0.5, 0.6) is 0 Å². The summed E-state index contributed by atoms with van der Waals surface area (Å²) in [6.07, 6.45) is 0.321. The highest BCUT2D eigenvalue weighted by molar-refractivity contribution is 7.92. The number of benzene rings is 3. The van der Waals surface area contributed by atoms with E-state index in [1.807, 2.05) is 49.2 Å². The summed E-state index contributed by atoms with van der Waals surface area (Å²) in [4.78, 5) is 13.0. The Morgan fingerprint density at radius 1 is 0.903 bits per heavy atom. The molecule has 0 aliphatic heterocycles. The lowest BCUT2D eigenvalue weighted by Gasteiger charge is -2.24. The highest BCUT2D eigenvalue weighted by atomic mass is 32.2. The number of anilines is 3. The number of hydrogen-bond acceptors (Lipinski definition) is 4. The van der Waals surface area contributed by atoms with Crippen molar-refractivity contribution in [1.82, 2.24) is 5.43 Å². The molecule has 0 spiro atoms. The first kappa shape index (κ1) is 22.3. The van der Waals surface area contributed by atoms with Gasteiger partial charge < -0.3 is 10.2 Å². The lowest BCUT2D eigenvalue weighted by atomic mass is 10.2. The summed E-state index contributed by atoms with van der Waals surface area (Å²) in [6, 6.07) is 22.6. The number of hydrazine groups is 1. The third-order valence-electron chi connectivity index (χ3n) is 4.53. The Kier molecular flexibility index (Phi) is 6.88. The predicted octanol–water partition coefficient (Wildman–Crippen LogP) is 3.68. The van der Waals surface area contributed by atoms with Crippen molar-refractivity contribution in [2.45, 2.75) is 11.8 Å². The largest absolute Gasteiger partial charge is 0.332 e. The van der Waals surface area contributed by atoms with Crippen molar-refractivity contribution < 1.29 is 13.2 Å². The van der Waals surface area contributed by atoms with Crippen molar-refractivity contribution in [2.24, 2.45) is 0 Å². The van der Waals surface area contributed by atoms with Gasteiger partial charge in [-0.05, 0) is 67.7 Å². The first-order chi connectivity index (χ1) is 14.8. The number of para-hydroxylation sites is 1. The van der Waals surface area contributed by atoms with E-state index in [0.29, 0.717) is 17.2 Å². The minimum Gasteiger partial charge on any atom is -0.332 e. The summed E-state index contributed by atoms with van der Waals surface area (Å²) < 4.78 is 26.8. The van der Waals surface area contributed by atoms with Gasteiger partial charge >= 0.3 is 0 Å². The Labute approximate surface area is 187 Å². The summed E-state index contributed by atoms with van der Waals surface area (Å²) >= 11 is 5.45. The number of nitrogens with one attached hydrogen (secondary N) is 2. The van der Waals surface area contributed by atoms with E-state index in [-0.39, 0.29) is 10.6 Å². The maximum Gasteiger partial charge on any atom is 0.281 e. The fraction of sp³-hybridized carbons (Fsp3) is 0.0909. The molecular weight excluding hydrogens is 432 g/mol. The van der Waals surface area contributed by atoms with Crippen molar-refractivity contribution in [3.05, 3.63) is 84.4 Å². The van der Waals surface area contributed by atoms with Gasteiger partial charge in [-0.1, -0.05) is 35.9 Å². The van der Waals surface area contributed by atoms with Crippen molar-refractivity contribution in [2.75, 3.05) is 21.7 Å². The minimum atomic E-state index is -3.98. The quantitative estimate of drug-likeness (QED) is 0.322. The Morgan fingerprint density at radius 3 is 2.10 bits per heavy atom. The van der Waals surface area contributed by atoms with Crippen LogP contribution in [0.1, 0.15) is 5.56 Å². The number of carbonyl (C=O) groups excluding carboxylic acids is 1. The minimum absolute atomic E-state index is 0.0697. The first-order valence-electron chi connectivity index (χ1n) is 9.34. The van der Waals surface area contributed by atoms with Gasteiger partial charge in [-0.3, -0.25) is 10.2 Å². The third kappa shape index (κ3) is 5.19. The van der Waals surface area contributed by atoms with Gasteiger partial charge in [-0.15, -0.1) is 0 Å². The molecule has 0 aromatic heterocycles. The smallest absolute Gasteiger partial charge is 0.281 e. The zero-order valence-electron chi connectivity index (χ0n) is 17.0. The Bertz CT molecular complexity index is 1150. The molecule has 0 atom stereocenters. The Morgan fingerprint density at radius 2 is 1.52 bits per heavy atom. The molecule has 0 saturated heterocycles. The lowest BCUT2D eigenvalue weighted by molar-refractivity contribution is -0.109. The van der Waals surface area contributed by atoms with Crippen LogP contribution in [0.4, 0.5) is 17.1 Å². The number of amides is 1. The van der Waals surface area contributed by atoms with Gasteiger partial charge in [-0.25, -0.2) is 0 Å². The molecule has 0 saturated carbocycles. The molecule has 3 rings (SSSR count). The Balaban J connectivity index is 1.80. The van der Waals surface area contributed by atoms with E-state index in [9.17, 15) is 13.2 Å². The van der Waals surface area contributed by atoms with Gasteiger partial charge in [0.2, 0.25) is 6.41 Å². The molecule has 9 heteroatoms. The van der Waals surface area contributed by atoms with Crippen LogP contribution in [0.3, 0.4) is 0 Å². The topological polar surface area (TPSA) is 81.8 Å². The third-order valence-corrected chi connectivity index (χ3v) is 6.57. The maximum absolute atomic E-state index is 13.0. The fourth-order valence-electron chi connectivity index (χ4n) is 2.80. The van der Waals surface area contributed by atoms with Crippen molar-refractivity contribution in [3.8, 4) is 0 Å². The van der Waals surface area contributed by atoms with E-state index in [1.54, 1.807) is 36.4 Å². The molecule has 7 nitrogen and oxygen atoms in total. The van der Waals surface area contributed by atoms with E-state index >= 15 is 0 Å². The second-order valence-corrected chi connectivity index (χ2v) is 8.87. The molecule has 0 heterocycles. The number of hydrogen-bond donors (Lipinski definition) is 2. The van der Waals surface area contributed by atoms with E-state index in [1.165, 1.54) is 12.1 Å². The summed E-state index contributed by atoms with van der Waals surface area (Å²) in [5.74, 6) is 0. The molecule has 31 heavy (non-hydrogen) atoms. The van der Waals surface area contributed by atoms with Crippen LogP contribution in [-0.2, 0) is 14.8 Å². The SMILES string of the molecule is Cc1ccc(S(=O)(=O)N(NC=O)c2ccc(NC(=S)N(C)c3ccccc3)cc2)cc1. The van der Waals surface area contributed by atoms with Gasteiger partial charge in [0, 0.05) is 18.4 Å². The van der Waals surface area contributed by atoms with Crippen LogP contribution in [0.15, 0.2) is 83.8 Å². The van der Waals surface area contributed by atoms with Gasteiger partial charge in [0.25, 0.3) is 10.0 Å². The van der Waals surface area contributed by atoms with Gasteiger partial charge in [0.1, 0.15) is 0 Å². The van der Waals surface area contributed by atoms with Crippen molar-refractivity contribution >= 4 is 50.8 Å². The molecule has 3 aromatic rings. The maximum atomic E-state index is 13.0. The summed E-state index contributed by atoms with van der Waals surface area (Å²) in [7, 11) is -2.13. The van der Waals surface area contributed by atoms with Crippen LogP contribution < -0.4 is 20.1 Å². The van der Waals surface area contributed by atoms with Crippen molar-refractivity contribution in [1.29, 1.82) is 0 Å². The standard InChI is InChI=1S/C22H22N4O3S2/c1-17-8-14-21(15-9-17)31(28,29)26(23-16-27)20-12-10-18(11-13-20)24-22(30)25(2)19-6-4-3-5-7-19/h3-16H,1-2H3,(H,23,27)(H,24,30). The number of sulfonamides is 1. The highest BCUT2D eigenvalue weighted by Gasteiger charge is 2.25. The van der Waals surface area contributed by atoms with Crippen LogP contribution in [0.2, 0.25) is 0 Å². The molecule has 0 bridgehead atoms. The number of thiocarbonyl (C=S) groups is 1. The average molecular weight is 455 g/mol. The van der Waals surface area contributed by atoms with E-state index in [2.05, 4.69) is 10.7 Å². The highest BCUT2D eigenvalue weighted by Crippen LogP contribution is 2.24. The molecule has 3 aromatic carbocycles. The van der Waals surface area contributed by atoms with Gasteiger partial charge in [0.05, 0.1) is 10.6 Å². The fourth-order valence-corrected chi connectivity index (χ4v) is 4.30. The summed E-state index contributed by atoms with van der Waals surface area (Å²) in [6.45, 7) is 1.86. The molecule has 0 aliphatic carbocycles. The van der Waals surface area contributed by atoms with Crippen LogP contribution in [-0.4, -0.2) is 27.0 Å². The van der Waals surface area contributed by atoms with E-state index in [0.717, 1.165) is 15.7 Å². The zero-order valence-corrected chi connectivity index (χ0v) is 18.7. The zero-order chi connectivity index (χ0) is 22.4. The van der Waals surface area contributed by atoms with Crippen LogP contribution in [0.25, 0.3) is 0 Å². The van der Waals surface area contributed by atoms with E-state index < -0.39 is 10.0 Å². The van der Waals surface area contributed by atoms with Crippen molar-refractivity contribution in [3.63, 3.8) is 0 Å². The summed E-state index contributed by atoms with van der Waals surface area (Å²) in [5.41, 5.74) is 5.08. The monoisotopic (exact) mass is 454 g/mol. The first-order valence-corrected chi connectivity index (χ1v) is 11.2. The second-order valence-electron chi connectivity index (χ2n) is 6.70. The molecule has 0 radical (unpaired) electrons. The molecule has 1 amide bonds. The Hall–Kier alpha value is -3.43. The normalized spacial score (nSPS) is 10.8. The van der Waals surface area contributed by atoms with Gasteiger partial charge in [0.15, 0.2) is 5.11 Å². The molecule has 0 unspecified atom stereocenters. The second kappa shape index (κ2) is 9.59. The van der Waals surface area contributed by atoms with Crippen LogP contribution >= 0.6 is 12.2 Å². The number of aryl methyl sites for hydroxylation is 1. The van der Waals surface area contributed by atoms with E-state index in [4.69, 9.17) is 12.2 Å². The molecular formula is C22H22N4O3S2. The van der Waals surface area contributed by atoms with Crippen LogP contribution in [0, 0.1) is 6.92 Å². The molecule has 2 N–H and O–H groups in total. The number of rotatable bonds is 7.